The quantitative estimate of drug-likeness (QED) is 0.431. The van der Waals surface area contributed by atoms with Crippen molar-refractivity contribution in [2.75, 3.05) is 11.9 Å². The van der Waals surface area contributed by atoms with Crippen LogP contribution in [0.1, 0.15) is 53.2 Å². The summed E-state index contributed by atoms with van der Waals surface area (Å²) in [5.41, 5.74) is 4.69. The molecule has 0 spiro atoms. The van der Waals surface area contributed by atoms with Crippen molar-refractivity contribution in [1.29, 1.82) is 0 Å². The minimum atomic E-state index is -1.36. The molecule has 4 rings (SSSR count). The molecule has 0 fully saturated rings. The molecule has 1 atom stereocenters. The summed E-state index contributed by atoms with van der Waals surface area (Å²) < 4.78 is 5.59. The van der Waals surface area contributed by atoms with Crippen LogP contribution in [0.15, 0.2) is 66.7 Å². The lowest BCUT2D eigenvalue weighted by Crippen LogP contribution is -2.51. The molecular formula is C28H28N2O5. The van der Waals surface area contributed by atoms with Gasteiger partial charge in [0.1, 0.15) is 12.1 Å². The third-order valence-corrected chi connectivity index (χ3v) is 6.64. The van der Waals surface area contributed by atoms with Crippen molar-refractivity contribution in [2.45, 2.75) is 38.6 Å². The maximum absolute atomic E-state index is 12.6. The van der Waals surface area contributed by atoms with E-state index < -0.39 is 23.5 Å². The molecule has 1 aliphatic rings. The Kier molecular flexibility index (Phi) is 6.60. The third kappa shape index (κ3) is 4.75. The zero-order chi connectivity index (χ0) is 25.2. The van der Waals surface area contributed by atoms with Crippen molar-refractivity contribution in [3.63, 3.8) is 0 Å². The van der Waals surface area contributed by atoms with Gasteiger partial charge in [0.05, 0.1) is 0 Å². The van der Waals surface area contributed by atoms with E-state index in [2.05, 4.69) is 34.9 Å². The van der Waals surface area contributed by atoms with Crippen LogP contribution >= 0.6 is 0 Å². The van der Waals surface area contributed by atoms with Gasteiger partial charge < -0.3 is 15.2 Å². The van der Waals surface area contributed by atoms with Crippen LogP contribution in [0.5, 0.6) is 0 Å². The Hall–Kier alpha value is -4.13. The van der Waals surface area contributed by atoms with Gasteiger partial charge in [-0.25, -0.2) is 9.59 Å². The van der Waals surface area contributed by atoms with Gasteiger partial charge in [0.2, 0.25) is 0 Å². The van der Waals surface area contributed by atoms with Crippen LogP contribution < -0.4 is 10.6 Å². The fourth-order valence-electron chi connectivity index (χ4n) is 4.31. The summed E-state index contributed by atoms with van der Waals surface area (Å²) in [4.78, 5) is 36.6. The van der Waals surface area contributed by atoms with E-state index in [0.717, 1.165) is 22.3 Å². The molecule has 0 aromatic heterocycles. The van der Waals surface area contributed by atoms with Gasteiger partial charge in [-0.2, -0.15) is 0 Å². The number of amides is 2. The first-order valence-corrected chi connectivity index (χ1v) is 11.5. The summed E-state index contributed by atoms with van der Waals surface area (Å²) in [5.74, 6) is -1.63. The standard InChI is InChI=1S/C28H28N2O5/c1-4-28(3,26(32)33)30-25(31)18-13-14-24(17(2)15-18)29-27(34)35-16-23-21-11-7-5-9-19(21)20-10-6-8-12-22(20)23/h5-15,23H,4,16H2,1-3H3,(H,29,34)(H,30,31)(H,32,33). The molecule has 1 unspecified atom stereocenters. The largest absolute Gasteiger partial charge is 0.480 e. The second-order valence-electron chi connectivity index (χ2n) is 8.93. The number of hydrogen-bond donors (Lipinski definition) is 3. The van der Waals surface area contributed by atoms with Gasteiger partial charge in [-0.15, -0.1) is 0 Å². The Morgan fingerprint density at radius 1 is 0.971 bits per heavy atom. The van der Waals surface area contributed by atoms with Crippen LogP contribution in [0.25, 0.3) is 11.1 Å². The van der Waals surface area contributed by atoms with Crippen LogP contribution in [0.4, 0.5) is 10.5 Å². The fraction of sp³-hybridized carbons (Fsp3) is 0.250. The van der Waals surface area contributed by atoms with Gasteiger partial charge in [-0.1, -0.05) is 55.5 Å². The number of benzene rings is 3. The molecule has 2 amide bonds. The Labute approximate surface area is 204 Å². The second-order valence-corrected chi connectivity index (χ2v) is 8.93. The Morgan fingerprint density at radius 2 is 1.57 bits per heavy atom. The number of aliphatic carboxylic acids is 1. The highest BCUT2D eigenvalue weighted by molar-refractivity contribution is 5.98. The number of carbonyl (C=O) groups is 3. The average Bonchev–Trinajstić information content (AvgIpc) is 3.17. The molecule has 3 aromatic carbocycles. The van der Waals surface area contributed by atoms with Crippen LogP contribution in [-0.2, 0) is 9.53 Å². The minimum Gasteiger partial charge on any atom is -0.480 e. The van der Waals surface area contributed by atoms with Gasteiger partial charge in [0.25, 0.3) is 5.91 Å². The summed E-state index contributed by atoms with van der Waals surface area (Å²) in [6.45, 7) is 5.12. The van der Waals surface area contributed by atoms with E-state index in [1.807, 2.05) is 24.3 Å². The van der Waals surface area contributed by atoms with Gasteiger partial charge in [-0.05, 0) is 66.3 Å². The van der Waals surface area contributed by atoms with Crippen molar-refractivity contribution >= 4 is 23.7 Å². The van der Waals surface area contributed by atoms with E-state index in [4.69, 9.17) is 4.74 Å². The lowest BCUT2D eigenvalue weighted by Gasteiger charge is -2.24. The Balaban J connectivity index is 1.41. The van der Waals surface area contributed by atoms with Crippen molar-refractivity contribution in [3.05, 3.63) is 89.0 Å². The molecule has 0 saturated heterocycles. The Morgan fingerprint density at radius 3 is 2.11 bits per heavy atom. The van der Waals surface area contributed by atoms with Crippen molar-refractivity contribution in [3.8, 4) is 11.1 Å². The van der Waals surface area contributed by atoms with Crippen LogP contribution in [0.2, 0.25) is 0 Å². The number of nitrogens with one attached hydrogen (secondary N) is 2. The number of anilines is 1. The zero-order valence-corrected chi connectivity index (χ0v) is 19.9. The highest BCUT2D eigenvalue weighted by Crippen LogP contribution is 2.44. The smallest absolute Gasteiger partial charge is 0.411 e. The predicted octanol–water partition coefficient (Wildman–Crippen LogP) is 5.34. The average molecular weight is 473 g/mol. The monoisotopic (exact) mass is 472 g/mol. The van der Waals surface area contributed by atoms with Gasteiger partial charge in [-0.3, -0.25) is 10.1 Å². The third-order valence-electron chi connectivity index (χ3n) is 6.64. The molecule has 7 heteroatoms. The molecular weight excluding hydrogens is 444 g/mol. The first-order valence-electron chi connectivity index (χ1n) is 11.5. The SMILES string of the molecule is CCC(C)(NC(=O)c1ccc(NC(=O)OCC2c3ccccc3-c3ccccc32)c(C)c1)C(=O)O. The molecule has 0 radical (unpaired) electrons. The van der Waals surface area contributed by atoms with Gasteiger partial charge in [0.15, 0.2) is 0 Å². The first kappa shape index (κ1) is 24.0. The molecule has 0 bridgehead atoms. The molecule has 1 aliphatic carbocycles. The maximum Gasteiger partial charge on any atom is 0.411 e. The summed E-state index contributed by atoms with van der Waals surface area (Å²) in [6.07, 6.45) is -0.342. The number of rotatable bonds is 7. The number of ether oxygens (including phenoxy) is 1. The molecule has 3 N–H and O–H groups in total. The zero-order valence-electron chi connectivity index (χ0n) is 19.9. The van der Waals surface area contributed by atoms with E-state index in [-0.39, 0.29) is 18.9 Å². The molecule has 180 valence electrons. The summed E-state index contributed by atoms with van der Waals surface area (Å²) >= 11 is 0. The lowest BCUT2D eigenvalue weighted by atomic mass is 9.98. The van der Waals surface area contributed by atoms with Crippen molar-refractivity contribution in [1.82, 2.24) is 5.32 Å². The Bertz CT molecular complexity index is 1260. The van der Waals surface area contributed by atoms with Gasteiger partial charge in [0, 0.05) is 17.2 Å². The molecule has 0 heterocycles. The summed E-state index contributed by atoms with van der Waals surface area (Å²) in [5, 5.41) is 14.7. The number of carboxylic acids is 1. The number of carboxylic acid groups (broad SMARTS) is 1. The number of hydrogen-bond acceptors (Lipinski definition) is 4. The lowest BCUT2D eigenvalue weighted by molar-refractivity contribution is -0.143. The maximum atomic E-state index is 12.6. The van der Waals surface area contributed by atoms with Crippen LogP contribution in [-0.4, -0.2) is 35.2 Å². The highest BCUT2D eigenvalue weighted by Gasteiger charge is 2.33. The predicted molar refractivity (Wildman–Crippen MR) is 134 cm³/mol. The normalized spacial score (nSPS) is 13.8. The van der Waals surface area contributed by atoms with E-state index >= 15 is 0 Å². The molecule has 7 nitrogen and oxygen atoms in total. The van der Waals surface area contributed by atoms with Crippen molar-refractivity contribution < 1.29 is 24.2 Å². The number of fused-ring (bicyclic) bond motifs is 3. The number of aryl methyl sites for hydroxylation is 1. The number of carbonyl (C=O) groups excluding carboxylic acids is 2. The first-order chi connectivity index (χ1) is 16.7. The van der Waals surface area contributed by atoms with Gasteiger partial charge >= 0.3 is 12.1 Å². The van der Waals surface area contributed by atoms with E-state index in [0.29, 0.717) is 16.8 Å². The minimum absolute atomic E-state index is 0.0394. The van der Waals surface area contributed by atoms with Crippen LogP contribution in [0.3, 0.4) is 0 Å². The fourth-order valence-corrected chi connectivity index (χ4v) is 4.31. The summed E-state index contributed by atoms with van der Waals surface area (Å²) in [6, 6.07) is 21.0. The molecule has 0 aliphatic heterocycles. The molecule has 3 aromatic rings. The summed E-state index contributed by atoms with van der Waals surface area (Å²) in [7, 11) is 0. The van der Waals surface area contributed by atoms with Crippen LogP contribution in [0, 0.1) is 6.92 Å². The topological polar surface area (TPSA) is 105 Å². The molecule has 35 heavy (non-hydrogen) atoms. The van der Waals surface area contributed by atoms with E-state index in [9.17, 15) is 19.5 Å². The van der Waals surface area contributed by atoms with E-state index in [1.54, 1.807) is 32.0 Å². The highest BCUT2D eigenvalue weighted by atomic mass is 16.5. The van der Waals surface area contributed by atoms with E-state index in [1.165, 1.54) is 6.92 Å². The molecule has 0 saturated carbocycles. The van der Waals surface area contributed by atoms with Crippen molar-refractivity contribution in [2.24, 2.45) is 0 Å². The second kappa shape index (κ2) is 9.62.